The highest BCUT2D eigenvalue weighted by Crippen LogP contribution is 2.25. The van der Waals surface area contributed by atoms with Crippen LogP contribution in [0.1, 0.15) is 24.3 Å². The summed E-state index contributed by atoms with van der Waals surface area (Å²) in [6, 6.07) is 14.4. The lowest BCUT2D eigenvalue weighted by molar-refractivity contribution is -0.121. The molecule has 1 aromatic heterocycles. The van der Waals surface area contributed by atoms with E-state index in [9.17, 15) is 13.2 Å². The van der Waals surface area contributed by atoms with Crippen molar-refractivity contribution in [3.63, 3.8) is 0 Å². The van der Waals surface area contributed by atoms with Gasteiger partial charge < -0.3 is 9.84 Å². The number of aromatic nitrogens is 2. The zero-order valence-corrected chi connectivity index (χ0v) is 18.8. The van der Waals surface area contributed by atoms with E-state index >= 15 is 0 Å². The molecule has 10 heteroatoms. The summed E-state index contributed by atoms with van der Waals surface area (Å²) in [5.41, 5.74) is 2.11. The topological polar surface area (TPSA) is 105 Å². The summed E-state index contributed by atoms with van der Waals surface area (Å²) in [5.74, 6) is 0.355. The van der Waals surface area contributed by atoms with Gasteiger partial charge in [-0.3, -0.25) is 9.10 Å². The van der Waals surface area contributed by atoms with Crippen LogP contribution in [0.5, 0.6) is 0 Å². The van der Waals surface area contributed by atoms with Crippen LogP contribution in [-0.2, 0) is 21.4 Å². The van der Waals surface area contributed by atoms with Crippen molar-refractivity contribution in [3.05, 3.63) is 65.0 Å². The average Bonchev–Trinajstić information content (AvgIpc) is 3.19. The number of nitrogens with one attached hydrogen (secondary N) is 1. The minimum absolute atomic E-state index is 0.0733. The molecule has 3 rings (SSSR count). The van der Waals surface area contributed by atoms with Crippen molar-refractivity contribution in [2.24, 2.45) is 0 Å². The summed E-state index contributed by atoms with van der Waals surface area (Å²) in [6.07, 6.45) is 1.68. The lowest BCUT2D eigenvalue weighted by atomic mass is 10.2. The Hall–Kier alpha value is -2.91. The fourth-order valence-electron chi connectivity index (χ4n) is 3.03. The van der Waals surface area contributed by atoms with Gasteiger partial charge in [-0.2, -0.15) is 4.98 Å². The molecule has 0 aliphatic heterocycles. The van der Waals surface area contributed by atoms with Crippen LogP contribution in [0.4, 0.5) is 5.69 Å². The van der Waals surface area contributed by atoms with Crippen LogP contribution in [0.15, 0.2) is 53.1 Å². The van der Waals surface area contributed by atoms with Gasteiger partial charge in [0.25, 0.3) is 0 Å². The Morgan fingerprint density at radius 2 is 1.87 bits per heavy atom. The number of nitrogens with zero attached hydrogens (tertiary/aromatic N) is 3. The molecule has 0 fully saturated rings. The number of hydrogen-bond donors (Lipinski definition) is 1. The molecular weight excluding hydrogens is 440 g/mol. The van der Waals surface area contributed by atoms with E-state index in [1.807, 2.05) is 25.1 Å². The fraction of sp³-hybridized carbons (Fsp3) is 0.286. The second-order valence-electron chi connectivity index (χ2n) is 6.99. The molecule has 1 N–H and O–H groups in total. The van der Waals surface area contributed by atoms with Crippen LogP contribution in [0.3, 0.4) is 0 Å². The highest BCUT2D eigenvalue weighted by molar-refractivity contribution is 7.92. The Kier molecular flexibility index (Phi) is 7.29. The summed E-state index contributed by atoms with van der Waals surface area (Å²) in [4.78, 5) is 16.4. The molecule has 0 aliphatic carbocycles. The molecule has 0 radical (unpaired) electrons. The Bertz CT molecular complexity index is 1160. The second-order valence-corrected chi connectivity index (χ2v) is 9.31. The van der Waals surface area contributed by atoms with Crippen LogP contribution in [0.2, 0.25) is 5.02 Å². The molecule has 164 valence electrons. The van der Waals surface area contributed by atoms with Crippen LogP contribution in [-0.4, -0.2) is 37.3 Å². The number of anilines is 1. The molecule has 0 spiro atoms. The van der Waals surface area contributed by atoms with Crippen molar-refractivity contribution in [1.82, 2.24) is 15.5 Å². The normalized spacial score (nSPS) is 11.3. The smallest absolute Gasteiger partial charge is 0.246 e. The van der Waals surface area contributed by atoms with Gasteiger partial charge in [0.15, 0.2) is 0 Å². The highest BCUT2D eigenvalue weighted by atomic mass is 35.5. The molecule has 3 aromatic rings. The quantitative estimate of drug-likeness (QED) is 0.521. The second kappa shape index (κ2) is 9.93. The first-order chi connectivity index (χ1) is 14.8. The zero-order valence-electron chi connectivity index (χ0n) is 17.2. The minimum Gasteiger partial charge on any atom is -0.347 e. The maximum absolute atomic E-state index is 12.2. The van der Waals surface area contributed by atoms with Gasteiger partial charge in [0.2, 0.25) is 27.6 Å². The molecule has 1 amide bonds. The fourth-order valence-corrected chi connectivity index (χ4v) is 4.28. The van der Waals surface area contributed by atoms with Gasteiger partial charge in [0.05, 0.1) is 23.5 Å². The summed E-state index contributed by atoms with van der Waals surface area (Å²) in [7, 11) is -3.46. The number of para-hydroxylation sites is 1. The van der Waals surface area contributed by atoms with E-state index in [1.54, 1.807) is 30.3 Å². The van der Waals surface area contributed by atoms with Gasteiger partial charge in [-0.1, -0.05) is 47.1 Å². The summed E-state index contributed by atoms with van der Waals surface area (Å²) in [6.45, 7) is 2.12. The Morgan fingerprint density at radius 3 is 2.58 bits per heavy atom. The first-order valence-electron chi connectivity index (χ1n) is 9.63. The SMILES string of the molecule is Cc1ccccc1N(CCCC(=O)NCc1nc(-c2ccccc2Cl)no1)S(C)(=O)=O. The standard InChI is InChI=1S/C21H23ClN4O4S/c1-15-8-3-6-11-18(15)26(31(2,28)29)13-7-12-19(27)23-14-20-24-21(25-30-20)16-9-4-5-10-17(16)22/h3-6,8-11H,7,12-14H2,1-2H3,(H,23,27). The van der Waals surface area contributed by atoms with Gasteiger partial charge >= 0.3 is 0 Å². The number of amides is 1. The molecule has 8 nitrogen and oxygen atoms in total. The number of halogens is 1. The molecule has 0 bridgehead atoms. The van der Waals surface area contributed by atoms with Gasteiger partial charge in [0, 0.05) is 18.5 Å². The maximum atomic E-state index is 12.2. The number of hydrogen-bond acceptors (Lipinski definition) is 6. The predicted octanol–water partition coefficient (Wildman–Crippen LogP) is 3.56. The Morgan fingerprint density at radius 1 is 1.16 bits per heavy atom. The Balaban J connectivity index is 1.52. The van der Waals surface area contributed by atoms with E-state index in [4.69, 9.17) is 16.1 Å². The van der Waals surface area contributed by atoms with Crippen molar-refractivity contribution in [3.8, 4) is 11.4 Å². The molecule has 0 atom stereocenters. The zero-order chi connectivity index (χ0) is 22.4. The number of benzene rings is 2. The molecular formula is C21H23ClN4O4S. The molecule has 2 aromatic carbocycles. The third-order valence-electron chi connectivity index (χ3n) is 4.57. The van der Waals surface area contributed by atoms with E-state index in [-0.39, 0.29) is 31.3 Å². The average molecular weight is 463 g/mol. The van der Waals surface area contributed by atoms with E-state index in [2.05, 4.69) is 15.5 Å². The van der Waals surface area contributed by atoms with Crippen molar-refractivity contribution < 1.29 is 17.7 Å². The summed E-state index contributed by atoms with van der Waals surface area (Å²) >= 11 is 6.13. The third-order valence-corrected chi connectivity index (χ3v) is 6.08. The Labute approximate surface area is 186 Å². The van der Waals surface area contributed by atoms with Gasteiger partial charge in [-0.25, -0.2) is 8.42 Å². The number of aryl methyl sites for hydroxylation is 1. The maximum Gasteiger partial charge on any atom is 0.246 e. The predicted molar refractivity (Wildman–Crippen MR) is 119 cm³/mol. The van der Waals surface area contributed by atoms with Crippen LogP contribution >= 0.6 is 11.6 Å². The lowest BCUT2D eigenvalue weighted by Gasteiger charge is -2.24. The van der Waals surface area contributed by atoms with Gasteiger partial charge in [-0.05, 0) is 37.1 Å². The monoisotopic (exact) mass is 462 g/mol. The van der Waals surface area contributed by atoms with Crippen LogP contribution in [0, 0.1) is 6.92 Å². The van der Waals surface area contributed by atoms with Crippen molar-refractivity contribution in [2.75, 3.05) is 17.1 Å². The van der Waals surface area contributed by atoms with Gasteiger partial charge in [0.1, 0.15) is 0 Å². The van der Waals surface area contributed by atoms with Gasteiger partial charge in [-0.15, -0.1) is 0 Å². The highest BCUT2D eigenvalue weighted by Gasteiger charge is 2.19. The van der Waals surface area contributed by atoms with Crippen LogP contribution < -0.4 is 9.62 Å². The number of carbonyl (C=O) groups excluding carboxylic acids is 1. The molecule has 0 unspecified atom stereocenters. The lowest BCUT2D eigenvalue weighted by Crippen LogP contribution is -2.32. The number of rotatable bonds is 9. The van der Waals surface area contributed by atoms with Crippen molar-refractivity contribution in [1.29, 1.82) is 0 Å². The third kappa shape index (κ3) is 6.05. The van der Waals surface area contributed by atoms with E-state index < -0.39 is 10.0 Å². The van der Waals surface area contributed by atoms with Crippen molar-refractivity contribution >= 4 is 33.2 Å². The molecule has 1 heterocycles. The molecule has 0 saturated heterocycles. The van der Waals surface area contributed by atoms with E-state index in [1.165, 1.54) is 4.31 Å². The van der Waals surface area contributed by atoms with Crippen molar-refractivity contribution in [2.45, 2.75) is 26.3 Å². The summed E-state index contributed by atoms with van der Waals surface area (Å²) in [5, 5.41) is 7.09. The number of carbonyl (C=O) groups is 1. The van der Waals surface area contributed by atoms with E-state index in [0.717, 1.165) is 11.8 Å². The largest absolute Gasteiger partial charge is 0.347 e. The van der Waals surface area contributed by atoms with E-state index in [0.29, 0.717) is 28.5 Å². The molecule has 0 saturated carbocycles. The molecule has 31 heavy (non-hydrogen) atoms. The van der Waals surface area contributed by atoms with Crippen LogP contribution in [0.25, 0.3) is 11.4 Å². The number of sulfonamides is 1. The molecule has 0 aliphatic rings. The first-order valence-corrected chi connectivity index (χ1v) is 11.9. The first kappa shape index (κ1) is 22.8. The minimum atomic E-state index is -3.46. The summed E-state index contributed by atoms with van der Waals surface area (Å²) < 4.78 is 30.9.